The Morgan fingerprint density at radius 2 is 1.78 bits per heavy atom. The summed E-state index contributed by atoms with van der Waals surface area (Å²) in [6.45, 7) is 1.95. The van der Waals surface area contributed by atoms with Crippen molar-refractivity contribution in [1.29, 1.82) is 0 Å². The summed E-state index contributed by atoms with van der Waals surface area (Å²) in [6, 6.07) is 20.2. The van der Waals surface area contributed by atoms with Crippen LogP contribution in [-0.2, 0) is 0 Å². The van der Waals surface area contributed by atoms with Gasteiger partial charge in [-0.05, 0) is 60.3 Å². The van der Waals surface area contributed by atoms with Gasteiger partial charge in [0, 0.05) is 17.6 Å². The first-order valence-corrected chi connectivity index (χ1v) is 10.7. The molecule has 0 saturated heterocycles. The van der Waals surface area contributed by atoms with E-state index in [1.807, 2.05) is 61.5 Å². The normalized spacial score (nSPS) is 12.2. The van der Waals surface area contributed by atoms with Crippen LogP contribution < -0.4 is 10.9 Å². The van der Waals surface area contributed by atoms with Crippen LogP contribution in [0.4, 0.5) is 5.82 Å². The Morgan fingerprint density at radius 3 is 2.59 bits per heavy atom. The molecule has 0 fully saturated rings. The van der Waals surface area contributed by atoms with Crippen LogP contribution in [0, 0.1) is 0 Å². The van der Waals surface area contributed by atoms with Crippen LogP contribution in [-0.4, -0.2) is 19.5 Å². The van der Waals surface area contributed by atoms with E-state index < -0.39 is 0 Å². The van der Waals surface area contributed by atoms with E-state index in [9.17, 15) is 4.79 Å². The minimum atomic E-state index is -0.317. The highest BCUT2D eigenvalue weighted by Gasteiger charge is 2.19. The van der Waals surface area contributed by atoms with E-state index in [-0.39, 0.29) is 16.9 Å². The van der Waals surface area contributed by atoms with Crippen molar-refractivity contribution in [2.75, 3.05) is 5.32 Å². The number of pyridine rings is 2. The third-order valence-corrected chi connectivity index (χ3v) is 5.75. The van der Waals surface area contributed by atoms with Crippen molar-refractivity contribution in [3.8, 4) is 5.69 Å². The lowest BCUT2D eigenvalue weighted by Crippen LogP contribution is -2.26. The smallest absolute Gasteiger partial charge is 0.264 e. The molecule has 2 aromatic carbocycles. The van der Waals surface area contributed by atoms with Gasteiger partial charge in [-0.1, -0.05) is 41.9 Å². The molecule has 1 N–H and O–H groups in total. The minimum Gasteiger partial charge on any atom is -0.360 e. The van der Waals surface area contributed by atoms with Gasteiger partial charge in [-0.25, -0.2) is 4.98 Å². The molecule has 5 aromatic rings. The van der Waals surface area contributed by atoms with Gasteiger partial charge in [0.1, 0.15) is 5.52 Å². The van der Waals surface area contributed by atoms with Crippen molar-refractivity contribution in [3.05, 3.63) is 99.3 Å². The molecule has 3 heterocycles. The zero-order chi connectivity index (χ0) is 22.2. The second-order valence-electron chi connectivity index (χ2n) is 7.33. The monoisotopic (exact) mass is 461 g/mol. The predicted molar refractivity (Wildman–Crippen MR) is 129 cm³/mol. The maximum absolute atomic E-state index is 13.6. The van der Waals surface area contributed by atoms with Crippen LogP contribution in [0.3, 0.4) is 0 Å². The standard InChI is InChI=1S/C24H17Cl2N5O/c1-14(28-22-21-18(11-6-12-27-21)29-24(26)30-22)19-13-15-7-5-10-17(25)20(15)23(32)31(19)16-8-3-2-4-9-16/h2-14H,1H3,(H,28,29,30). The molecule has 3 aromatic heterocycles. The summed E-state index contributed by atoms with van der Waals surface area (Å²) in [5, 5.41) is 5.15. The number of para-hydroxylation sites is 1. The second-order valence-corrected chi connectivity index (χ2v) is 8.07. The summed E-state index contributed by atoms with van der Waals surface area (Å²) >= 11 is 12.5. The Hall–Kier alpha value is -3.48. The van der Waals surface area contributed by atoms with Crippen molar-refractivity contribution >= 4 is 50.8 Å². The van der Waals surface area contributed by atoms with Gasteiger partial charge in [0.05, 0.1) is 22.0 Å². The summed E-state index contributed by atoms with van der Waals surface area (Å²) in [5.41, 5.74) is 2.53. The van der Waals surface area contributed by atoms with Crippen molar-refractivity contribution in [2.45, 2.75) is 13.0 Å². The van der Waals surface area contributed by atoms with E-state index in [1.165, 1.54) is 0 Å². The van der Waals surface area contributed by atoms with Gasteiger partial charge in [-0.2, -0.15) is 4.98 Å². The van der Waals surface area contributed by atoms with E-state index in [1.54, 1.807) is 22.9 Å². The Bertz CT molecular complexity index is 1520. The number of aromatic nitrogens is 4. The third-order valence-electron chi connectivity index (χ3n) is 5.26. The summed E-state index contributed by atoms with van der Waals surface area (Å²) in [4.78, 5) is 26.6. The second kappa shape index (κ2) is 8.22. The predicted octanol–water partition coefficient (Wildman–Crippen LogP) is 5.81. The van der Waals surface area contributed by atoms with E-state index in [2.05, 4.69) is 20.3 Å². The van der Waals surface area contributed by atoms with E-state index in [0.29, 0.717) is 27.3 Å². The van der Waals surface area contributed by atoms with Gasteiger partial charge in [0.2, 0.25) is 5.28 Å². The van der Waals surface area contributed by atoms with Crippen LogP contribution in [0.25, 0.3) is 27.5 Å². The number of halogens is 2. The molecule has 1 atom stereocenters. The topological polar surface area (TPSA) is 72.7 Å². The molecule has 0 aliphatic heterocycles. The molecule has 0 amide bonds. The number of fused-ring (bicyclic) bond motifs is 2. The Labute approximate surface area is 193 Å². The maximum atomic E-state index is 13.6. The van der Waals surface area contributed by atoms with Gasteiger partial charge in [0.25, 0.3) is 5.56 Å². The Balaban J connectivity index is 1.71. The number of nitrogens with one attached hydrogen (secondary N) is 1. The lowest BCUT2D eigenvalue weighted by molar-refractivity contribution is 0.774. The van der Waals surface area contributed by atoms with Crippen LogP contribution in [0.15, 0.2) is 77.7 Å². The number of hydrogen-bond donors (Lipinski definition) is 1. The van der Waals surface area contributed by atoms with E-state index in [4.69, 9.17) is 23.2 Å². The molecule has 0 radical (unpaired) electrons. The summed E-state index contributed by atoms with van der Waals surface area (Å²) in [6.07, 6.45) is 1.67. The largest absolute Gasteiger partial charge is 0.360 e. The first-order chi connectivity index (χ1) is 15.5. The molecule has 0 spiro atoms. The van der Waals surface area contributed by atoms with Gasteiger partial charge in [-0.15, -0.1) is 0 Å². The molecule has 0 bridgehead atoms. The SMILES string of the molecule is CC(Nc1nc(Cl)nc2cccnc12)c1cc2cccc(Cl)c2c(=O)n1-c1ccccc1. The van der Waals surface area contributed by atoms with Crippen LogP contribution in [0.5, 0.6) is 0 Å². The molecule has 5 rings (SSSR count). The van der Waals surface area contributed by atoms with Gasteiger partial charge >= 0.3 is 0 Å². The van der Waals surface area contributed by atoms with Crippen LogP contribution in [0.2, 0.25) is 10.3 Å². The molecule has 0 saturated carbocycles. The fourth-order valence-corrected chi connectivity index (χ4v) is 4.26. The molecular formula is C24H17Cl2N5O. The van der Waals surface area contributed by atoms with Gasteiger partial charge in [-0.3, -0.25) is 14.3 Å². The minimum absolute atomic E-state index is 0.117. The highest BCUT2D eigenvalue weighted by molar-refractivity contribution is 6.35. The van der Waals surface area contributed by atoms with Crippen molar-refractivity contribution in [1.82, 2.24) is 19.5 Å². The van der Waals surface area contributed by atoms with E-state index >= 15 is 0 Å². The quantitative estimate of drug-likeness (QED) is 0.342. The van der Waals surface area contributed by atoms with E-state index in [0.717, 1.165) is 16.8 Å². The average Bonchev–Trinajstić information content (AvgIpc) is 2.79. The molecule has 32 heavy (non-hydrogen) atoms. The van der Waals surface area contributed by atoms with Gasteiger partial charge in [0.15, 0.2) is 5.82 Å². The lowest BCUT2D eigenvalue weighted by Gasteiger charge is -2.22. The first kappa shape index (κ1) is 20.4. The van der Waals surface area contributed by atoms with Gasteiger partial charge < -0.3 is 5.32 Å². The lowest BCUT2D eigenvalue weighted by atomic mass is 10.1. The molecular weight excluding hydrogens is 445 g/mol. The number of benzene rings is 2. The first-order valence-electron chi connectivity index (χ1n) is 9.97. The zero-order valence-electron chi connectivity index (χ0n) is 17.0. The molecule has 6 nitrogen and oxygen atoms in total. The molecule has 158 valence electrons. The Kier molecular flexibility index (Phi) is 5.25. The fourth-order valence-electron chi connectivity index (χ4n) is 3.82. The molecule has 1 unspecified atom stereocenters. The molecule has 0 aliphatic rings. The number of nitrogens with zero attached hydrogens (tertiary/aromatic N) is 4. The van der Waals surface area contributed by atoms with Crippen molar-refractivity contribution < 1.29 is 0 Å². The fraction of sp³-hybridized carbons (Fsp3) is 0.0833. The summed E-state index contributed by atoms with van der Waals surface area (Å²) in [5.74, 6) is 0.492. The number of rotatable bonds is 4. The summed E-state index contributed by atoms with van der Waals surface area (Å²) < 4.78 is 1.67. The molecule has 0 aliphatic carbocycles. The van der Waals surface area contributed by atoms with Crippen molar-refractivity contribution in [2.24, 2.45) is 0 Å². The highest BCUT2D eigenvalue weighted by atomic mass is 35.5. The van der Waals surface area contributed by atoms with Crippen LogP contribution in [0.1, 0.15) is 18.7 Å². The van der Waals surface area contributed by atoms with Crippen LogP contribution >= 0.6 is 23.2 Å². The number of hydrogen-bond acceptors (Lipinski definition) is 5. The molecule has 8 heteroatoms. The Morgan fingerprint density at radius 1 is 0.969 bits per heavy atom. The maximum Gasteiger partial charge on any atom is 0.264 e. The average molecular weight is 462 g/mol. The summed E-state index contributed by atoms with van der Waals surface area (Å²) in [7, 11) is 0. The zero-order valence-corrected chi connectivity index (χ0v) is 18.5. The number of anilines is 1. The third kappa shape index (κ3) is 3.57. The van der Waals surface area contributed by atoms with Crippen molar-refractivity contribution in [3.63, 3.8) is 0 Å². The highest BCUT2D eigenvalue weighted by Crippen LogP contribution is 2.28.